The Morgan fingerprint density at radius 1 is 1.54 bits per heavy atom. The molecule has 0 aliphatic heterocycles. The summed E-state index contributed by atoms with van der Waals surface area (Å²) in [6.07, 6.45) is 9.07. The van der Waals surface area contributed by atoms with E-state index >= 15 is 0 Å². The van der Waals surface area contributed by atoms with E-state index in [4.69, 9.17) is 10.8 Å². The highest BCUT2D eigenvalue weighted by Gasteiger charge is 2.02. The smallest absolute Gasteiger partial charge is 0.191 e. The number of allylic oxidation sites excluding steroid dienone is 1. The molecule has 0 spiro atoms. The highest BCUT2D eigenvalue weighted by molar-refractivity contribution is 5.47. The molecule has 0 amide bonds. The van der Waals surface area contributed by atoms with E-state index in [1.54, 1.807) is 0 Å². The Labute approximate surface area is 78.7 Å². The summed E-state index contributed by atoms with van der Waals surface area (Å²) in [5.41, 5.74) is 0.861. The maximum absolute atomic E-state index is 5.27. The number of aromatic nitrogens is 1. The van der Waals surface area contributed by atoms with Gasteiger partial charge in [0.05, 0.1) is 0 Å². The second-order valence-corrected chi connectivity index (χ2v) is 2.99. The van der Waals surface area contributed by atoms with Gasteiger partial charge in [0, 0.05) is 12.8 Å². The summed E-state index contributed by atoms with van der Waals surface area (Å²) in [6.45, 7) is 5.67. The van der Waals surface area contributed by atoms with Crippen molar-refractivity contribution in [3.63, 3.8) is 0 Å². The van der Waals surface area contributed by atoms with Gasteiger partial charge in [-0.2, -0.15) is 0 Å². The van der Waals surface area contributed by atoms with Crippen molar-refractivity contribution in [2.24, 2.45) is 5.92 Å². The molecule has 1 rings (SSSR count). The predicted octanol–water partition coefficient (Wildman–Crippen LogP) is 2.57. The van der Waals surface area contributed by atoms with Crippen LogP contribution in [0.25, 0.3) is 6.08 Å². The largest absolute Gasteiger partial charge is 0.446 e. The Morgan fingerprint density at radius 3 is 2.69 bits per heavy atom. The molecule has 0 bridgehead atoms. The van der Waals surface area contributed by atoms with Crippen LogP contribution in [-0.2, 0) is 0 Å². The molecule has 1 unspecified atom stereocenters. The first-order chi connectivity index (χ1) is 6.13. The van der Waals surface area contributed by atoms with Crippen LogP contribution in [0.5, 0.6) is 0 Å². The van der Waals surface area contributed by atoms with Crippen molar-refractivity contribution >= 4 is 6.08 Å². The highest BCUT2D eigenvalue weighted by atomic mass is 16.4. The van der Waals surface area contributed by atoms with Gasteiger partial charge >= 0.3 is 0 Å². The molecule has 0 radical (unpaired) electrons. The predicted molar refractivity (Wildman–Crippen MR) is 53.0 cm³/mol. The lowest BCUT2D eigenvalue weighted by molar-refractivity contribution is 0.494. The number of nitrogens with zero attached hydrogens (tertiary/aromatic N) is 1. The fourth-order valence-electron chi connectivity index (χ4n) is 0.991. The number of oxazole rings is 1. The van der Waals surface area contributed by atoms with Crippen molar-refractivity contribution < 1.29 is 4.42 Å². The highest BCUT2D eigenvalue weighted by Crippen LogP contribution is 2.11. The molecular formula is C11H13NO. The first-order valence-corrected chi connectivity index (χ1v) is 4.22. The summed E-state index contributed by atoms with van der Waals surface area (Å²) in [7, 11) is 0. The molecular weight excluding hydrogens is 162 g/mol. The SMILES string of the molecule is C#CC(C)/C=C\c1nc(C)oc1C. The van der Waals surface area contributed by atoms with E-state index in [1.807, 2.05) is 32.9 Å². The normalized spacial score (nSPS) is 13.1. The molecule has 0 saturated heterocycles. The van der Waals surface area contributed by atoms with Crippen molar-refractivity contribution in [1.29, 1.82) is 0 Å². The maximum Gasteiger partial charge on any atom is 0.191 e. The topological polar surface area (TPSA) is 26.0 Å². The summed E-state index contributed by atoms with van der Waals surface area (Å²) in [6, 6.07) is 0. The van der Waals surface area contributed by atoms with Crippen molar-refractivity contribution in [2.45, 2.75) is 20.8 Å². The first kappa shape index (κ1) is 9.60. The van der Waals surface area contributed by atoms with Gasteiger partial charge in [0.2, 0.25) is 0 Å². The molecule has 1 aromatic heterocycles. The summed E-state index contributed by atoms with van der Waals surface area (Å²) < 4.78 is 5.27. The molecule has 0 N–H and O–H groups in total. The molecule has 1 heterocycles. The molecule has 68 valence electrons. The second-order valence-electron chi connectivity index (χ2n) is 2.99. The molecule has 0 aliphatic carbocycles. The zero-order valence-electron chi connectivity index (χ0n) is 8.16. The number of aryl methyl sites for hydroxylation is 2. The Morgan fingerprint density at radius 2 is 2.23 bits per heavy atom. The monoisotopic (exact) mass is 175 g/mol. The van der Waals surface area contributed by atoms with Gasteiger partial charge in [0.15, 0.2) is 5.89 Å². The van der Waals surface area contributed by atoms with Gasteiger partial charge < -0.3 is 4.42 Å². The van der Waals surface area contributed by atoms with Crippen LogP contribution in [0.4, 0.5) is 0 Å². The van der Waals surface area contributed by atoms with E-state index in [2.05, 4.69) is 10.9 Å². The summed E-state index contributed by atoms with van der Waals surface area (Å²) >= 11 is 0. The minimum atomic E-state index is 0.136. The Kier molecular flexibility index (Phi) is 2.92. The van der Waals surface area contributed by atoms with Gasteiger partial charge in [-0.25, -0.2) is 4.98 Å². The molecule has 0 saturated carbocycles. The van der Waals surface area contributed by atoms with E-state index in [0.717, 1.165) is 11.5 Å². The van der Waals surface area contributed by atoms with E-state index in [1.165, 1.54) is 0 Å². The lowest BCUT2D eigenvalue weighted by atomic mass is 10.1. The van der Waals surface area contributed by atoms with Crippen LogP contribution < -0.4 is 0 Å². The molecule has 1 atom stereocenters. The zero-order valence-corrected chi connectivity index (χ0v) is 8.16. The van der Waals surface area contributed by atoms with Crippen LogP contribution in [0.2, 0.25) is 0 Å². The molecule has 2 heteroatoms. The quantitative estimate of drug-likeness (QED) is 0.646. The molecule has 0 fully saturated rings. The van der Waals surface area contributed by atoms with Crippen molar-refractivity contribution in [1.82, 2.24) is 4.98 Å². The van der Waals surface area contributed by atoms with Crippen LogP contribution in [0.3, 0.4) is 0 Å². The minimum absolute atomic E-state index is 0.136. The van der Waals surface area contributed by atoms with Gasteiger partial charge in [-0.1, -0.05) is 12.0 Å². The molecule has 13 heavy (non-hydrogen) atoms. The van der Waals surface area contributed by atoms with Gasteiger partial charge in [0.1, 0.15) is 11.5 Å². The van der Waals surface area contributed by atoms with Crippen molar-refractivity contribution in [2.75, 3.05) is 0 Å². The van der Waals surface area contributed by atoms with Gasteiger partial charge in [0.25, 0.3) is 0 Å². The van der Waals surface area contributed by atoms with Crippen LogP contribution >= 0.6 is 0 Å². The number of rotatable bonds is 2. The van der Waals surface area contributed by atoms with E-state index in [9.17, 15) is 0 Å². The fourth-order valence-corrected chi connectivity index (χ4v) is 0.991. The Bertz CT molecular complexity index is 355. The Balaban J connectivity index is 2.80. The third-order valence-corrected chi connectivity index (χ3v) is 1.75. The molecule has 0 aliphatic rings. The number of terminal acetylenes is 1. The Hall–Kier alpha value is -1.49. The molecule has 0 aromatic carbocycles. The number of hydrogen-bond acceptors (Lipinski definition) is 2. The van der Waals surface area contributed by atoms with Crippen molar-refractivity contribution in [3.8, 4) is 12.3 Å². The summed E-state index contributed by atoms with van der Waals surface area (Å²) in [4.78, 5) is 4.19. The summed E-state index contributed by atoms with van der Waals surface area (Å²) in [5.74, 6) is 4.27. The molecule has 2 nitrogen and oxygen atoms in total. The number of hydrogen-bond donors (Lipinski definition) is 0. The standard InChI is InChI=1S/C11H13NO/c1-5-8(2)6-7-11-9(3)13-10(4)12-11/h1,6-8H,2-4H3/b7-6-. The van der Waals surface area contributed by atoms with Crippen LogP contribution in [0.1, 0.15) is 24.3 Å². The fraction of sp³-hybridized carbons (Fsp3) is 0.364. The summed E-state index contributed by atoms with van der Waals surface area (Å²) in [5, 5.41) is 0. The van der Waals surface area contributed by atoms with Gasteiger partial charge in [-0.15, -0.1) is 6.42 Å². The second kappa shape index (κ2) is 3.95. The van der Waals surface area contributed by atoms with Gasteiger partial charge in [-0.05, 0) is 19.9 Å². The van der Waals surface area contributed by atoms with E-state index in [-0.39, 0.29) is 5.92 Å². The third kappa shape index (κ3) is 2.48. The lowest BCUT2D eigenvalue weighted by Crippen LogP contribution is -1.82. The third-order valence-electron chi connectivity index (χ3n) is 1.75. The van der Waals surface area contributed by atoms with Crippen LogP contribution in [0.15, 0.2) is 10.5 Å². The van der Waals surface area contributed by atoms with E-state index in [0.29, 0.717) is 5.89 Å². The first-order valence-electron chi connectivity index (χ1n) is 4.22. The maximum atomic E-state index is 5.27. The molecule has 1 aromatic rings. The lowest BCUT2D eigenvalue weighted by Gasteiger charge is -1.91. The van der Waals surface area contributed by atoms with Gasteiger partial charge in [-0.3, -0.25) is 0 Å². The van der Waals surface area contributed by atoms with E-state index < -0.39 is 0 Å². The average Bonchev–Trinajstić information content (AvgIpc) is 2.41. The minimum Gasteiger partial charge on any atom is -0.446 e. The van der Waals surface area contributed by atoms with Crippen LogP contribution in [-0.4, -0.2) is 4.98 Å². The average molecular weight is 175 g/mol. The van der Waals surface area contributed by atoms with Crippen molar-refractivity contribution in [3.05, 3.63) is 23.4 Å². The zero-order chi connectivity index (χ0) is 9.84. The van der Waals surface area contributed by atoms with Crippen LogP contribution in [0, 0.1) is 32.1 Å².